The maximum Gasteiger partial charge on any atom is 0.246 e. The molecule has 4 nitrogen and oxygen atoms in total. The molecule has 5 heteroatoms. The number of carbonyl (C=O) groups excluding carboxylic acids is 1. The summed E-state index contributed by atoms with van der Waals surface area (Å²) in [5.41, 5.74) is 2.87. The summed E-state index contributed by atoms with van der Waals surface area (Å²) in [5, 5.41) is 6.83. The van der Waals surface area contributed by atoms with Crippen LogP contribution in [0.5, 0.6) is 0 Å². The molecule has 1 fully saturated rings. The Bertz CT molecular complexity index is 928. The fourth-order valence-electron chi connectivity index (χ4n) is 3.51. The number of nitrogens with zero attached hydrogens (tertiary/aromatic N) is 3. The number of carbonyl (C=O) groups is 1. The highest BCUT2D eigenvalue weighted by Gasteiger charge is 2.21. The zero-order valence-corrected chi connectivity index (χ0v) is 16.2. The molecule has 1 aliphatic rings. The summed E-state index contributed by atoms with van der Waals surface area (Å²) in [6, 6.07) is 14.5. The largest absolute Gasteiger partial charge is 0.336 e. The molecule has 0 bridgehead atoms. The van der Waals surface area contributed by atoms with Crippen LogP contribution in [-0.4, -0.2) is 33.2 Å². The van der Waals surface area contributed by atoms with Crippen LogP contribution in [0.15, 0.2) is 60.1 Å². The summed E-state index contributed by atoms with van der Waals surface area (Å²) < 4.78 is 1.88. The van der Waals surface area contributed by atoms with E-state index in [1.807, 2.05) is 63.6 Å². The molecule has 3 aromatic rings. The van der Waals surface area contributed by atoms with Gasteiger partial charge in [-0.05, 0) is 55.8 Å². The number of aromatic nitrogens is 2. The highest BCUT2D eigenvalue weighted by molar-refractivity contribution is 7.13. The third kappa shape index (κ3) is 3.88. The second-order valence-corrected chi connectivity index (χ2v) is 7.85. The van der Waals surface area contributed by atoms with Gasteiger partial charge in [-0.15, -0.1) is 11.3 Å². The lowest BCUT2D eigenvalue weighted by atomic mass is 10.0. The van der Waals surface area contributed by atoms with Gasteiger partial charge in [0, 0.05) is 30.4 Å². The maximum atomic E-state index is 12.7. The molecule has 0 radical (unpaired) electrons. The summed E-state index contributed by atoms with van der Waals surface area (Å²) in [6.45, 7) is 2.99. The van der Waals surface area contributed by atoms with Gasteiger partial charge in [0.2, 0.25) is 5.91 Å². The molecule has 1 amide bonds. The second kappa shape index (κ2) is 7.92. The third-order valence-corrected chi connectivity index (χ3v) is 5.89. The van der Waals surface area contributed by atoms with Crippen LogP contribution in [0.4, 0.5) is 0 Å². The Morgan fingerprint density at radius 1 is 1.19 bits per heavy atom. The monoisotopic (exact) mass is 377 g/mol. The molecule has 2 aromatic heterocycles. The number of amides is 1. The molecule has 1 unspecified atom stereocenters. The first-order valence-electron chi connectivity index (χ1n) is 9.40. The molecule has 0 saturated carbocycles. The van der Waals surface area contributed by atoms with Crippen molar-refractivity contribution in [3.05, 3.63) is 65.7 Å². The molecule has 4 rings (SSSR count). The van der Waals surface area contributed by atoms with Crippen LogP contribution in [-0.2, 0) is 4.79 Å². The number of likely N-dealkylation sites (tertiary alicyclic amines) is 1. The average Bonchev–Trinajstić information content (AvgIpc) is 3.37. The summed E-state index contributed by atoms with van der Waals surface area (Å²) in [6.07, 6.45) is 8.99. The van der Waals surface area contributed by atoms with E-state index in [9.17, 15) is 4.79 Å². The quantitative estimate of drug-likeness (QED) is 0.599. The first-order valence-corrected chi connectivity index (χ1v) is 10.3. The number of thiophene rings is 1. The molecule has 0 spiro atoms. The van der Waals surface area contributed by atoms with E-state index in [4.69, 9.17) is 5.10 Å². The van der Waals surface area contributed by atoms with Gasteiger partial charge in [-0.3, -0.25) is 4.79 Å². The van der Waals surface area contributed by atoms with Crippen molar-refractivity contribution in [1.82, 2.24) is 14.7 Å². The Morgan fingerprint density at radius 3 is 2.78 bits per heavy atom. The minimum Gasteiger partial charge on any atom is -0.336 e. The van der Waals surface area contributed by atoms with Crippen LogP contribution in [0.2, 0.25) is 0 Å². The third-order valence-electron chi connectivity index (χ3n) is 5.01. The van der Waals surface area contributed by atoms with Gasteiger partial charge >= 0.3 is 0 Å². The molecule has 1 saturated heterocycles. The molecule has 3 heterocycles. The topological polar surface area (TPSA) is 38.1 Å². The van der Waals surface area contributed by atoms with Gasteiger partial charge in [0.15, 0.2) is 0 Å². The molecule has 27 heavy (non-hydrogen) atoms. The van der Waals surface area contributed by atoms with Crippen molar-refractivity contribution >= 4 is 23.3 Å². The van der Waals surface area contributed by atoms with E-state index in [1.165, 1.54) is 6.42 Å². The van der Waals surface area contributed by atoms with Gasteiger partial charge in [-0.1, -0.05) is 24.3 Å². The predicted molar refractivity (Wildman–Crippen MR) is 111 cm³/mol. The first kappa shape index (κ1) is 17.7. The number of benzene rings is 1. The van der Waals surface area contributed by atoms with Gasteiger partial charge in [0.25, 0.3) is 0 Å². The zero-order valence-electron chi connectivity index (χ0n) is 15.4. The summed E-state index contributed by atoms with van der Waals surface area (Å²) >= 11 is 1.66. The number of para-hydroxylation sites is 1. The van der Waals surface area contributed by atoms with E-state index >= 15 is 0 Å². The average molecular weight is 378 g/mol. The van der Waals surface area contributed by atoms with Crippen molar-refractivity contribution in [3.8, 4) is 16.3 Å². The fraction of sp³-hybridized carbons (Fsp3) is 0.273. The molecule has 0 N–H and O–H groups in total. The molecular weight excluding hydrogens is 354 g/mol. The van der Waals surface area contributed by atoms with Gasteiger partial charge < -0.3 is 4.90 Å². The molecule has 1 aromatic carbocycles. The van der Waals surface area contributed by atoms with E-state index in [0.717, 1.165) is 41.2 Å². The van der Waals surface area contributed by atoms with Crippen molar-refractivity contribution in [2.24, 2.45) is 0 Å². The minimum atomic E-state index is 0.0896. The summed E-state index contributed by atoms with van der Waals surface area (Å²) in [4.78, 5) is 15.7. The lowest BCUT2D eigenvalue weighted by molar-refractivity contribution is -0.129. The van der Waals surface area contributed by atoms with E-state index in [1.54, 1.807) is 17.4 Å². The van der Waals surface area contributed by atoms with Gasteiger partial charge in [-0.2, -0.15) is 5.10 Å². The molecular formula is C22H23N3OS. The Morgan fingerprint density at radius 2 is 2.04 bits per heavy atom. The first-order chi connectivity index (χ1) is 13.2. The minimum absolute atomic E-state index is 0.0896. The molecule has 1 aliphatic heterocycles. The molecule has 0 aliphatic carbocycles. The Kier molecular flexibility index (Phi) is 5.21. The van der Waals surface area contributed by atoms with E-state index in [0.29, 0.717) is 6.04 Å². The Hall–Kier alpha value is -2.66. The number of rotatable bonds is 4. The highest BCUT2D eigenvalue weighted by Crippen LogP contribution is 2.28. The smallest absolute Gasteiger partial charge is 0.246 e. The van der Waals surface area contributed by atoms with E-state index < -0.39 is 0 Å². The molecule has 1 atom stereocenters. The fourth-order valence-corrected chi connectivity index (χ4v) is 4.24. The van der Waals surface area contributed by atoms with Crippen LogP contribution in [0, 0.1) is 0 Å². The SMILES string of the molecule is CC1CCCCN1C(=O)/C=C/c1cn(-c2ccccc2)nc1-c1cccs1. The van der Waals surface area contributed by atoms with Crippen molar-refractivity contribution < 1.29 is 4.79 Å². The van der Waals surface area contributed by atoms with Crippen LogP contribution in [0.25, 0.3) is 22.3 Å². The van der Waals surface area contributed by atoms with Crippen molar-refractivity contribution in [1.29, 1.82) is 0 Å². The lowest BCUT2D eigenvalue weighted by Crippen LogP contribution is -2.41. The maximum absolute atomic E-state index is 12.7. The zero-order chi connectivity index (χ0) is 18.6. The van der Waals surface area contributed by atoms with Crippen molar-refractivity contribution in [3.63, 3.8) is 0 Å². The van der Waals surface area contributed by atoms with Gasteiger partial charge in [0.05, 0.1) is 10.6 Å². The van der Waals surface area contributed by atoms with Crippen LogP contribution < -0.4 is 0 Å². The number of hydrogen-bond donors (Lipinski definition) is 0. The van der Waals surface area contributed by atoms with E-state index in [-0.39, 0.29) is 5.91 Å². The van der Waals surface area contributed by atoms with Crippen LogP contribution in [0.1, 0.15) is 31.7 Å². The second-order valence-electron chi connectivity index (χ2n) is 6.90. The lowest BCUT2D eigenvalue weighted by Gasteiger charge is -2.32. The van der Waals surface area contributed by atoms with Gasteiger partial charge in [0.1, 0.15) is 5.69 Å². The summed E-state index contributed by atoms with van der Waals surface area (Å²) in [7, 11) is 0. The normalized spacial score (nSPS) is 17.5. The summed E-state index contributed by atoms with van der Waals surface area (Å²) in [5.74, 6) is 0.0896. The number of piperidine rings is 1. The standard InChI is InChI=1S/C22H23N3OS/c1-17-8-5-6-14-24(17)21(26)13-12-18-16-25(19-9-3-2-4-10-19)23-22(18)20-11-7-15-27-20/h2-4,7,9-13,15-17H,5-6,8,14H2,1H3/b13-12+. The number of hydrogen-bond acceptors (Lipinski definition) is 3. The predicted octanol–water partition coefficient (Wildman–Crippen LogP) is 5.02. The Balaban J connectivity index is 1.65. The van der Waals surface area contributed by atoms with E-state index in [2.05, 4.69) is 13.0 Å². The molecule has 138 valence electrons. The van der Waals surface area contributed by atoms with Crippen molar-refractivity contribution in [2.75, 3.05) is 6.54 Å². The van der Waals surface area contributed by atoms with Gasteiger partial charge in [-0.25, -0.2) is 4.68 Å². The van der Waals surface area contributed by atoms with Crippen LogP contribution in [0.3, 0.4) is 0 Å². The Labute approximate surface area is 163 Å². The van der Waals surface area contributed by atoms with Crippen LogP contribution >= 0.6 is 11.3 Å². The highest BCUT2D eigenvalue weighted by atomic mass is 32.1. The van der Waals surface area contributed by atoms with Crippen molar-refractivity contribution in [2.45, 2.75) is 32.2 Å².